The van der Waals surface area contributed by atoms with Crippen molar-refractivity contribution in [1.82, 2.24) is 41.0 Å². The average molecular weight is 1120 g/mol. The normalized spacial score (nSPS) is 18.2. The van der Waals surface area contributed by atoms with Gasteiger partial charge in [-0.3, -0.25) is 38.5 Å². The fourth-order valence-electron chi connectivity index (χ4n) is 10.5. The summed E-state index contributed by atoms with van der Waals surface area (Å²) in [7, 11) is 0. The number of hydrogen-bond acceptors (Lipinski definition) is 19. The molecule has 1 saturated heterocycles. The first-order valence-corrected chi connectivity index (χ1v) is 27.0. The Bertz CT molecular complexity index is 3230. The fourth-order valence-corrected chi connectivity index (χ4v) is 10.5. The minimum Gasteiger partial charge on any atom is -0.457 e. The van der Waals surface area contributed by atoms with Gasteiger partial charge in [-0.25, -0.2) is 14.6 Å². The highest BCUT2D eigenvalue weighted by molar-refractivity contribution is 6.13. The van der Waals surface area contributed by atoms with E-state index in [9.17, 15) is 53.4 Å². The Kier molecular flexibility index (Phi) is 17.5. The number of amides is 6. The Morgan fingerprint density at radius 1 is 0.852 bits per heavy atom. The molecule has 1 fully saturated rings. The van der Waals surface area contributed by atoms with E-state index in [-0.39, 0.29) is 94.0 Å². The third-order valence-electron chi connectivity index (χ3n) is 14.9. The lowest BCUT2D eigenvalue weighted by atomic mass is 9.85. The third kappa shape index (κ3) is 12.7. The van der Waals surface area contributed by atoms with E-state index >= 15 is 0 Å². The van der Waals surface area contributed by atoms with Crippen LogP contribution in [0.4, 0.5) is 10.5 Å². The maximum absolute atomic E-state index is 14.5. The highest BCUT2D eigenvalue weighted by atomic mass is 16.7. The third-order valence-corrected chi connectivity index (χ3v) is 14.9. The molecule has 25 heteroatoms. The molecule has 430 valence electrons. The molecule has 6 amide bonds. The molecule has 4 aromatic rings. The lowest BCUT2D eigenvalue weighted by molar-refractivity contribution is -0.175. The smallest absolute Gasteiger partial charge is 0.457 e. The molecule has 0 radical (unpaired) electrons. The van der Waals surface area contributed by atoms with Crippen molar-refractivity contribution in [3.05, 3.63) is 92.8 Å². The number of nitrogens with zero attached hydrogens (tertiary/aromatic N) is 3. The number of imide groups is 1. The lowest BCUT2D eigenvalue weighted by Crippen LogP contribution is -2.55. The van der Waals surface area contributed by atoms with Gasteiger partial charge in [0, 0.05) is 72.4 Å². The van der Waals surface area contributed by atoms with Crippen LogP contribution in [0.5, 0.6) is 11.5 Å². The highest BCUT2D eigenvalue weighted by Crippen LogP contribution is 2.44. The summed E-state index contributed by atoms with van der Waals surface area (Å²) in [5, 5.41) is 37.6. The van der Waals surface area contributed by atoms with E-state index in [4.69, 9.17) is 28.7 Å². The maximum Gasteiger partial charge on any atom is 0.510 e. The number of pyridine rings is 2. The average Bonchev–Trinajstić information content (AvgIpc) is 2.68. The first-order valence-electron chi connectivity index (χ1n) is 27.0. The van der Waals surface area contributed by atoms with Gasteiger partial charge < -0.3 is 70.4 Å². The van der Waals surface area contributed by atoms with Gasteiger partial charge in [-0.15, -0.1) is 0 Å². The van der Waals surface area contributed by atoms with E-state index in [1.165, 1.54) is 31.2 Å². The largest absolute Gasteiger partial charge is 0.510 e. The Hall–Kier alpha value is -8.26. The SMILES string of the molecule is CC[C@@]1(OC(=O)OCc2ccc(NC(=O)[C@H](CCC(O)O)NC(=O)[C@H](C)NC(=O)[C@@H](CC(C)C)NC(=O)CCN3C(=O)C=CC3=O)cc2)C(=O)OCc2c1cc1n(c2=O)Cc2c-1nc1cc3c(cc1c2CNC1CCNCC1)OCO3. The number of hydrogen-bond donors (Lipinski definition) is 8. The zero-order valence-corrected chi connectivity index (χ0v) is 45.2. The minimum absolute atomic E-state index is 0.0758. The summed E-state index contributed by atoms with van der Waals surface area (Å²) in [6.07, 6.45) is 0.313. The summed E-state index contributed by atoms with van der Waals surface area (Å²) in [6, 6.07) is 8.06. The Labute approximate surface area is 464 Å². The van der Waals surface area contributed by atoms with Gasteiger partial charge >= 0.3 is 12.1 Å². The van der Waals surface area contributed by atoms with Gasteiger partial charge in [0.15, 0.2) is 17.8 Å². The number of nitrogens with one attached hydrogen (secondary N) is 6. The van der Waals surface area contributed by atoms with Gasteiger partial charge in [0.1, 0.15) is 31.3 Å². The van der Waals surface area contributed by atoms with Crippen molar-refractivity contribution in [2.24, 2.45) is 5.92 Å². The Morgan fingerprint density at radius 2 is 1.57 bits per heavy atom. The van der Waals surface area contributed by atoms with Gasteiger partial charge in [0.2, 0.25) is 36.0 Å². The van der Waals surface area contributed by atoms with E-state index < -0.39 is 83.1 Å². The summed E-state index contributed by atoms with van der Waals surface area (Å²) in [5.74, 6) is -3.79. The quantitative estimate of drug-likeness (QED) is 0.0279. The molecule has 7 heterocycles. The van der Waals surface area contributed by atoms with Crippen molar-refractivity contribution in [3.8, 4) is 22.9 Å². The molecule has 81 heavy (non-hydrogen) atoms. The summed E-state index contributed by atoms with van der Waals surface area (Å²) in [5.41, 5.74) is 1.86. The van der Waals surface area contributed by atoms with Crippen LogP contribution in [0.25, 0.3) is 22.3 Å². The first-order chi connectivity index (χ1) is 38.8. The van der Waals surface area contributed by atoms with Gasteiger partial charge in [0.05, 0.1) is 29.0 Å². The summed E-state index contributed by atoms with van der Waals surface area (Å²) in [6.45, 7) is 8.29. The van der Waals surface area contributed by atoms with E-state index in [2.05, 4.69) is 31.9 Å². The number of anilines is 1. The second kappa shape index (κ2) is 24.6. The maximum atomic E-state index is 14.5. The molecule has 25 nitrogen and oxygen atoms in total. The number of rotatable bonds is 22. The molecule has 9 rings (SSSR count). The Morgan fingerprint density at radius 3 is 2.26 bits per heavy atom. The molecular formula is C56H65N9O16. The van der Waals surface area contributed by atoms with E-state index in [1.807, 2.05) is 26.0 Å². The molecule has 2 aromatic carbocycles. The van der Waals surface area contributed by atoms with Crippen LogP contribution < -0.4 is 46.9 Å². The van der Waals surface area contributed by atoms with Gasteiger partial charge in [-0.1, -0.05) is 32.9 Å². The molecule has 0 unspecified atom stereocenters. The second-order valence-corrected chi connectivity index (χ2v) is 21.0. The molecule has 0 spiro atoms. The van der Waals surface area contributed by atoms with E-state index in [0.717, 1.165) is 59.5 Å². The number of ether oxygens (including phenoxy) is 5. The van der Waals surface area contributed by atoms with Gasteiger partial charge in [-0.05, 0) is 93.4 Å². The molecule has 4 atom stereocenters. The first kappa shape index (κ1) is 57.4. The number of fused-ring (bicyclic) bond motifs is 6. The second-order valence-electron chi connectivity index (χ2n) is 21.0. The molecule has 0 bridgehead atoms. The molecule has 0 aliphatic carbocycles. The van der Waals surface area contributed by atoms with Crippen molar-refractivity contribution in [2.45, 2.75) is 135 Å². The summed E-state index contributed by atoms with van der Waals surface area (Å²) in [4.78, 5) is 125. The molecule has 5 aliphatic heterocycles. The number of aliphatic hydroxyl groups excluding tert-OH is 1. The van der Waals surface area contributed by atoms with Crippen LogP contribution in [-0.4, -0.2) is 129 Å². The monoisotopic (exact) mass is 1120 g/mol. The Balaban J connectivity index is 0.836. The number of cyclic esters (lactones) is 1. The number of carbonyl (C=O) groups excluding carboxylic acids is 8. The number of piperidine rings is 1. The lowest BCUT2D eigenvalue weighted by Gasteiger charge is -2.35. The van der Waals surface area contributed by atoms with Crippen LogP contribution in [0.2, 0.25) is 0 Å². The van der Waals surface area contributed by atoms with E-state index in [1.54, 1.807) is 17.6 Å². The van der Waals surface area contributed by atoms with Crippen molar-refractivity contribution in [3.63, 3.8) is 0 Å². The van der Waals surface area contributed by atoms with Crippen LogP contribution in [0.1, 0.15) is 100 Å². The van der Waals surface area contributed by atoms with Crippen molar-refractivity contribution in [2.75, 3.05) is 31.7 Å². The topological polar surface area (TPSA) is 333 Å². The number of carbonyl (C=O) groups is 8. The zero-order valence-electron chi connectivity index (χ0n) is 45.2. The highest BCUT2D eigenvalue weighted by Gasteiger charge is 2.51. The van der Waals surface area contributed by atoms with Crippen molar-refractivity contribution < 1.29 is 72.3 Å². The number of aromatic nitrogens is 2. The predicted molar refractivity (Wildman–Crippen MR) is 286 cm³/mol. The van der Waals surface area contributed by atoms with Crippen molar-refractivity contribution in [1.29, 1.82) is 0 Å². The zero-order chi connectivity index (χ0) is 57.7. The number of esters is 1. The molecule has 8 N–H and O–H groups in total. The minimum atomic E-state index is -2.06. The van der Waals surface area contributed by atoms with Crippen LogP contribution in [-0.2, 0) is 79.7 Å². The van der Waals surface area contributed by atoms with Gasteiger partial charge in [0.25, 0.3) is 17.4 Å². The van der Waals surface area contributed by atoms with Gasteiger partial charge in [-0.2, -0.15) is 0 Å². The predicted octanol–water partition coefficient (Wildman–Crippen LogP) is 1.88. The van der Waals surface area contributed by atoms with Crippen LogP contribution >= 0.6 is 0 Å². The van der Waals surface area contributed by atoms with Crippen LogP contribution in [0, 0.1) is 5.92 Å². The van der Waals surface area contributed by atoms with E-state index in [0.29, 0.717) is 40.5 Å². The molecular weight excluding hydrogens is 1050 g/mol. The van der Waals surface area contributed by atoms with Crippen LogP contribution in [0.3, 0.4) is 0 Å². The number of benzene rings is 2. The molecule has 0 saturated carbocycles. The number of aliphatic hydroxyl groups is 2. The standard InChI is InChI=1S/C56H65N9O16/c1-5-56(38-22-42-49-36(25-65(42)53(74)37(38)27-77-54(56)75)35(24-58-32-14-17-57-18-15-32)34-21-43-44(80-28-79-43)23-40(34)62-49)81-55(76)78-26-31-6-8-33(9-7-31)60-51(72)39(10-13-48(69)70)63-50(71)30(4)59-52(73)41(20-29(2)3)61-45(66)16-19-64-46(67)11-12-47(64)68/h6-9,11-12,21-23,29-30,32,39,41,48,57-58,69-70H,5,10,13-20,24-28H2,1-4H3,(H,59,73)(H,60,72)(H,61,66)(H,63,71)/t30-,39-,41+,56-/m0/s1. The molecule has 2 aromatic heterocycles. The fraction of sp³-hybridized carbons (Fsp3) is 0.464. The molecule has 5 aliphatic rings. The van der Waals surface area contributed by atoms with Crippen molar-refractivity contribution >= 4 is 64.2 Å². The summed E-state index contributed by atoms with van der Waals surface area (Å²) < 4.78 is 30.0. The summed E-state index contributed by atoms with van der Waals surface area (Å²) >= 11 is 0. The van der Waals surface area contributed by atoms with Crippen LogP contribution in [0.15, 0.2) is 59.4 Å².